The van der Waals surface area contributed by atoms with Crippen molar-refractivity contribution in [2.24, 2.45) is 12.0 Å². The number of alkyl halides is 3. The van der Waals surface area contributed by atoms with Gasteiger partial charge in [-0.15, -0.1) is 0 Å². The van der Waals surface area contributed by atoms with Crippen LogP contribution in [0.3, 0.4) is 0 Å². The van der Waals surface area contributed by atoms with E-state index in [1.807, 2.05) is 30.7 Å². The first-order valence-corrected chi connectivity index (χ1v) is 11.1. The fourth-order valence-electron chi connectivity index (χ4n) is 4.27. The first-order chi connectivity index (χ1) is 16.1. The van der Waals surface area contributed by atoms with Crippen LogP contribution in [0.15, 0.2) is 35.3 Å². The summed E-state index contributed by atoms with van der Waals surface area (Å²) in [6, 6.07) is 7.35. The smallest absolute Gasteiger partial charge is 0.416 e. The van der Waals surface area contributed by atoms with Crippen LogP contribution in [0.2, 0.25) is 0 Å². The molecule has 0 spiro atoms. The van der Waals surface area contributed by atoms with E-state index in [1.165, 1.54) is 13.0 Å². The van der Waals surface area contributed by atoms with Crippen molar-refractivity contribution in [3.63, 3.8) is 0 Å². The van der Waals surface area contributed by atoms with E-state index in [2.05, 4.69) is 4.98 Å². The minimum absolute atomic E-state index is 0.0782. The van der Waals surface area contributed by atoms with Crippen molar-refractivity contribution in [3.8, 4) is 11.5 Å². The number of ether oxygens (including phenoxy) is 3. The Morgan fingerprint density at radius 1 is 1.21 bits per heavy atom. The van der Waals surface area contributed by atoms with E-state index < -0.39 is 17.8 Å². The molecule has 4 rings (SSSR count). The molecular weight excluding hydrogens is 447 g/mol. The minimum Gasteiger partial charge on any atom is -0.493 e. The number of benzene rings is 2. The number of aryl methyl sites for hydroxylation is 2. The number of methoxy groups -OCH3 is 1. The van der Waals surface area contributed by atoms with E-state index in [9.17, 15) is 13.2 Å². The Hall–Kier alpha value is -3.07. The monoisotopic (exact) mass is 475 g/mol. The molecule has 182 valence electrons. The van der Waals surface area contributed by atoms with Crippen LogP contribution < -0.4 is 15.0 Å². The van der Waals surface area contributed by atoms with Gasteiger partial charge in [-0.1, -0.05) is 12.1 Å². The minimum atomic E-state index is -4.42. The second kappa shape index (κ2) is 9.29. The number of fused-ring (bicyclic) bond motifs is 1. The van der Waals surface area contributed by atoms with Crippen LogP contribution in [-0.2, 0) is 18.0 Å². The molecule has 1 aliphatic heterocycles. The average Bonchev–Trinajstić information content (AvgIpc) is 3.29. The zero-order chi connectivity index (χ0) is 24.6. The second-order valence-electron chi connectivity index (χ2n) is 8.49. The first kappa shape index (κ1) is 24.1. The van der Waals surface area contributed by atoms with Gasteiger partial charge in [0, 0.05) is 24.9 Å². The topological polar surface area (TPSA) is 57.9 Å². The molecular formula is C25H28F3N3O3. The van der Waals surface area contributed by atoms with Crippen LogP contribution in [0.1, 0.15) is 41.9 Å². The molecule has 0 N–H and O–H groups in total. The molecule has 1 aliphatic rings. The Bertz CT molecular complexity index is 1280. The maximum Gasteiger partial charge on any atom is 0.416 e. The van der Waals surface area contributed by atoms with Gasteiger partial charge in [-0.25, -0.2) is 4.98 Å². The van der Waals surface area contributed by atoms with Gasteiger partial charge in [0.15, 0.2) is 17.0 Å². The number of halogens is 3. The van der Waals surface area contributed by atoms with Gasteiger partial charge in [0.25, 0.3) is 0 Å². The van der Waals surface area contributed by atoms with Gasteiger partial charge >= 0.3 is 6.18 Å². The highest BCUT2D eigenvalue weighted by molar-refractivity contribution is 5.82. The molecule has 3 aromatic rings. The third-order valence-electron chi connectivity index (χ3n) is 6.27. The highest BCUT2D eigenvalue weighted by atomic mass is 19.4. The molecule has 2 atom stereocenters. The summed E-state index contributed by atoms with van der Waals surface area (Å²) in [6.07, 6.45) is -3.72. The number of nitrogens with zero attached hydrogens (tertiary/aromatic N) is 3. The maximum absolute atomic E-state index is 13.4. The largest absolute Gasteiger partial charge is 0.493 e. The first-order valence-electron chi connectivity index (χ1n) is 11.1. The standard InChI is InChI=1S/C25H28F3N3O3/c1-14-18(7-6-8-20(14)25(26,27)28)15(2)29-24-19-11-23(34-17-9-10-33-13-17)22(32-5)12-21(19)31(4)16(3)30-24/h6-8,11-12,15,17H,9-10,13H2,1-5H3/b29-24-/t15-,17+/m1/s1. The Labute approximate surface area is 196 Å². The van der Waals surface area contributed by atoms with Crippen LogP contribution in [0, 0.1) is 13.8 Å². The molecule has 2 heterocycles. The van der Waals surface area contributed by atoms with Gasteiger partial charge in [0.1, 0.15) is 11.9 Å². The Balaban J connectivity index is 1.87. The van der Waals surface area contributed by atoms with Gasteiger partial charge < -0.3 is 18.8 Å². The Kier molecular flexibility index (Phi) is 6.58. The number of aromatic nitrogens is 2. The summed E-state index contributed by atoms with van der Waals surface area (Å²) in [5.41, 5.74) is 1.28. The van der Waals surface area contributed by atoms with Crippen molar-refractivity contribution in [2.45, 2.75) is 45.5 Å². The third-order valence-corrected chi connectivity index (χ3v) is 6.27. The van der Waals surface area contributed by atoms with Gasteiger partial charge in [0.05, 0.1) is 37.4 Å². The van der Waals surface area contributed by atoms with Gasteiger partial charge in [0.2, 0.25) is 0 Å². The van der Waals surface area contributed by atoms with Gasteiger partial charge in [-0.05, 0) is 44.0 Å². The summed E-state index contributed by atoms with van der Waals surface area (Å²) in [5, 5.41) is 0.722. The number of rotatable bonds is 5. The summed E-state index contributed by atoms with van der Waals surface area (Å²) in [7, 11) is 3.47. The second-order valence-corrected chi connectivity index (χ2v) is 8.49. The van der Waals surface area contributed by atoms with E-state index in [-0.39, 0.29) is 11.7 Å². The molecule has 0 saturated carbocycles. The molecule has 1 saturated heterocycles. The zero-order valence-corrected chi connectivity index (χ0v) is 19.9. The summed E-state index contributed by atoms with van der Waals surface area (Å²) in [5.74, 6) is 1.84. The van der Waals surface area contributed by atoms with E-state index >= 15 is 0 Å². The third kappa shape index (κ3) is 4.61. The lowest BCUT2D eigenvalue weighted by Gasteiger charge is -2.18. The van der Waals surface area contributed by atoms with Crippen LogP contribution in [0.5, 0.6) is 11.5 Å². The van der Waals surface area contributed by atoms with Gasteiger partial charge in [-0.3, -0.25) is 4.99 Å². The van der Waals surface area contributed by atoms with E-state index in [0.29, 0.717) is 41.6 Å². The van der Waals surface area contributed by atoms with Crippen LogP contribution in [-0.4, -0.2) is 36.0 Å². The van der Waals surface area contributed by atoms with E-state index in [4.69, 9.17) is 19.2 Å². The number of hydrogen-bond acceptors (Lipinski definition) is 5. The highest BCUT2D eigenvalue weighted by Gasteiger charge is 2.33. The fourth-order valence-corrected chi connectivity index (χ4v) is 4.27. The summed E-state index contributed by atoms with van der Waals surface area (Å²) in [6.45, 7) is 6.25. The molecule has 2 aromatic carbocycles. The summed E-state index contributed by atoms with van der Waals surface area (Å²) >= 11 is 0. The fraction of sp³-hybridized carbons (Fsp3) is 0.440. The SMILES string of the molecule is COc1cc2c(cc1O[C@H]1CCOC1)/c(=N/[C@H](C)c1cccc(C(F)(F)F)c1C)nc(C)n2C. The predicted octanol–water partition coefficient (Wildman–Crippen LogP) is 5.05. The van der Waals surface area contributed by atoms with Crippen molar-refractivity contribution < 1.29 is 27.4 Å². The molecule has 6 nitrogen and oxygen atoms in total. The quantitative estimate of drug-likeness (QED) is 0.518. The van der Waals surface area contributed by atoms with Crippen LogP contribution in [0.25, 0.3) is 10.9 Å². The normalized spacial score (nSPS) is 17.9. The molecule has 0 unspecified atom stereocenters. The number of hydrogen-bond donors (Lipinski definition) is 0. The van der Waals surface area contributed by atoms with Crippen molar-refractivity contribution in [1.29, 1.82) is 0 Å². The molecule has 1 fully saturated rings. The molecule has 1 aromatic heterocycles. The zero-order valence-electron chi connectivity index (χ0n) is 19.9. The lowest BCUT2D eigenvalue weighted by atomic mass is 9.97. The predicted molar refractivity (Wildman–Crippen MR) is 122 cm³/mol. The molecule has 0 amide bonds. The van der Waals surface area contributed by atoms with Crippen LogP contribution in [0.4, 0.5) is 13.2 Å². The van der Waals surface area contributed by atoms with E-state index in [1.54, 1.807) is 20.1 Å². The molecule has 34 heavy (non-hydrogen) atoms. The molecule has 0 bridgehead atoms. The summed E-state index contributed by atoms with van der Waals surface area (Å²) < 4.78 is 59.3. The molecule has 0 aliphatic carbocycles. The lowest BCUT2D eigenvalue weighted by Crippen LogP contribution is -2.20. The maximum atomic E-state index is 13.4. The van der Waals surface area contributed by atoms with Crippen molar-refractivity contribution in [3.05, 3.63) is 58.3 Å². The molecule has 9 heteroatoms. The Morgan fingerprint density at radius 3 is 2.62 bits per heavy atom. The van der Waals surface area contributed by atoms with Gasteiger partial charge in [-0.2, -0.15) is 13.2 Å². The average molecular weight is 476 g/mol. The summed E-state index contributed by atoms with van der Waals surface area (Å²) in [4.78, 5) is 9.41. The Morgan fingerprint density at radius 2 is 1.97 bits per heavy atom. The molecule has 0 radical (unpaired) electrons. The highest BCUT2D eigenvalue weighted by Crippen LogP contribution is 2.36. The lowest BCUT2D eigenvalue weighted by molar-refractivity contribution is -0.138. The van der Waals surface area contributed by atoms with E-state index in [0.717, 1.165) is 23.4 Å². The van der Waals surface area contributed by atoms with Crippen molar-refractivity contribution >= 4 is 10.9 Å². The van der Waals surface area contributed by atoms with Crippen LogP contribution >= 0.6 is 0 Å². The van der Waals surface area contributed by atoms with Crippen molar-refractivity contribution in [2.75, 3.05) is 20.3 Å². The van der Waals surface area contributed by atoms with Crippen molar-refractivity contribution in [1.82, 2.24) is 9.55 Å².